The summed E-state index contributed by atoms with van der Waals surface area (Å²) in [6.45, 7) is 0.386. The van der Waals surface area contributed by atoms with E-state index in [1.165, 1.54) is 7.11 Å². The van der Waals surface area contributed by atoms with E-state index in [4.69, 9.17) is 9.39 Å². The zero-order valence-electron chi connectivity index (χ0n) is 11.5. The number of nitrogens with one attached hydrogen (secondary N) is 1. The van der Waals surface area contributed by atoms with Gasteiger partial charge in [-0.2, -0.15) is 0 Å². The highest BCUT2D eigenvalue weighted by Crippen LogP contribution is 2.20. The molecule has 0 atom stereocenters. The molecule has 0 radical (unpaired) electrons. The van der Waals surface area contributed by atoms with Gasteiger partial charge in [0.15, 0.2) is 0 Å². The molecule has 3 rings (SSSR count). The van der Waals surface area contributed by atoms with Crippen molar-refractivity contribution in [3.05, 3.63) is 53.6 Å². The number of anilines is 1. The van der Waals surface area contributed by atoms with Gasteiger partial charge in [-0.15, -0.1) is 0 Å². The van der Waals surface area contributed by atoms with Crippen LogP contribution in [0.1, 0.15) is 15.9 Å². The topological polar surface area (TPSA) is 67.8 Å². The maximum atomic E-state index is 12.3. The number of hydrogen-bond acceptors (Lipinski definition) is 4. The molecule has 0 bridgehead atoms. The minimum atomic E-state index is -0.928. The van der Waals surface area contributed by atoms with Gasteiger partial charge in [-0.05, 0) is 35.3 Å². The second kappa shape index (κ2) is 5.59. The van der Waals surface area contributed by atoms with Crippen molar-refractivity contribution >= 4 is 24.2 Å². The molecule has 5 nitrogen and oxygen atoms in total. The van der Waals surface area contributed by atoms with Crippen molar-refractivity contribution in [3.63, 3.8) is 0 Å². The molecule has 1 aliphatic rings. The summed E-state index contributed by atoms with van der Waals surface area (Å²) in [5.41, 5.74) is 2.68. The van der Waals surface area contributed by atoms with E-state index < -0.39 is 7.12 Å². The predicted octanol–water partition coefficient (Wildman–Crippen LogP) is 1.17. The third kappa shape index (κ3) is 2.63. The zero-order valence-corrected chi connectivity index (χ0v) is 11.5. The Morgan fingerprint density at radius 3 is 2.95 bits per heavy atom. The van der Waals surface area contributed by atoms with Crippen LogP contribution in [-0.4, -0.2) is 25.2 Å². The molecule has 0 fully saturated rings. The van der Waals surface area contributed by atoms with Crippen LogP contribution in [0.3, 0.4) is 0 Å². The second-order valence-corrected chi connectivity index (χ2v) is 4.73. The lowest BCUT2D eigenvalue weighted by Crippen LogP contribution is -2.28. The molecule has 6 heteroatoms. The van der Waals surface area contributed by atoms with Crippen molar-refractivity contribution in [1.29, 1.82) is 0 Å². The fourth-order valence-electron chi connectivity index (χ4n) is 2.32. The molecule has 0 aromatic heterocycles. The van der Waals surface area contributed by atoms with Gasteiger partial charge in [0.25, 0.3) is 5.91 Å². The summed E-state index contributed by atoms with van der Waals surface area (Å²) >= 11 is 0. The highest BCUT2D eigenvalue weighted by molar-refractivity contribution is 6.61. The third-order valence-electron chi connectivity index (χ3n) is 3.42. The van der Waals surface area contributed by atoms with E-state index in [0.29, 0.717) is 29.1 Å². The van der Waals surface area contributed by atoms with Gasteiger partial charge in [0.05, 0.1) is 19.3 Å². The quantitative estimate of drug-likeness (QED) is 0.830. The summed E-state index contributed by atoms with van der Waals surface area (Å²) in [5.74, 6) is 0.250. The fourth-order valence-corrected chi connectivity index (χ4v) is 2.32. The number of carbonyl (C=O) groups excluding carboxylic acids is 1. The van der Waals surface area contributed by atoms with E-state index in [1.807, 2.05) is 6.07 Å². The first-order valence-electron chi connectivity index (χ1n) is 6.56. The standard InChI is InChI=1S/C15H14BNO4/c1-20-14-5-3-2-4-12(14)15(18)17-11-7-6-10-9-21-16(19)13(10)8-11/h2-8,19H,9H2,1H3,(H,17,18). The van der Waals surface area contributed by atoms with Gasteiger partial charge in [-0.3, -0.25) is 4.79 Å². The van der Waals surface area contributed by atoms with Crippen LogP contribution in [0.25, 0.3) is 0 Å². The molecular formula is C15H14BNO4. The molecule has 0 saturated carbocycles. The summed E-state index contributed by atoms with van der Waals surface area (Å²) in [5, 5.41) is 12.5. The molecule has 1 amide bonds. The Hall–Kier alpha value is -2.31. The summed E-state index contributed by atoms with van der Waals surface area (Å²) in [6, 6.07) is 12.3. The minimum Gasteiger partial charge on any atom is -0.496 e. The fraction of sp³-hybridized carbons (Fsp3) is 0.133. The first-order chi connectivity index (χ1) is 10.2. The Kier molecular flexibility index (Phi) is 3.64. The number of para-hydroxylation sites is 1. The molecule has 2 aromatic carbocycles. The van der Waals surface area contributed by atoms with Gasteiger partial charge in [0.2, 0.25) is 0 Å². The summed E-state index contributed by atoms with van der Waals surface area (Å²) in [4.78, 5) is 12.3. The van der Waals surface area contributed by atoms with Gasteiger partial charge < -0.3 is 19.7 Å². The van der Waals surface area contributed by atoms with Crippen LogP contribution in [0.5, 0.6) is 5.75 Å². The van der Waals surface area contributed by atoms with Crippen LogP contribution in [0.2, 0.25) is 0 Å². The average molecular weight is 283 g/mol. The van der Waals surface area contributed by atoms with Crippen LogP contribution >= 0.6 is 0 Å². The Morgan fingerprint density at radius 2 is 2.14 bits per heavy atom. The molecule has 2 N–H and O–H groups in total. The van der Waals surface area contributed by atoms with E-state index >= 15 is 0 Å². The summed E-state index contributed by atoms with van der Waals surface area (Å²) in [7, 11) is 0.595. The molecule has 2 aromatic rings. The smallest absolute Gasteiger partial charge is 0.491 e. The monoisotopic (exact) mass is 283 g/mol. The molecule has 106 valence electrons. The van der Waals surface area contributed by atoms with Crippen molar-refractivity contribution in [2.75, 3.05) is 12.4 Å². The highest BCUT2D eigenvalue weighted by Gasteiger charge is 2.27. The van der Waals surface area contributed by atoms with E-state index in [0.717, 1.165) is 5.56 Å². The van der Waals surface area contributed by atoms with Gasteiger partial charge in [0.1, 0.15) is 5.75 Å². The van der Waals surface area contributed by atoms with Gasteiger partial charge in [0, 0.05) is 5.69 Å². The molecule has 1 heterocycles. The van der Waals surface area contributed by atoms with E-state index in [9.17, 15) is 9.82 Å². The van der Waals surface area contributed by atoms with Crippen LogP contribution in [0.4, 0.5) is 5.69 Å². The van der Waals surface area contributed by atoms with Crippen molar-refractivity contribution in [2.45, 2.75) is 6.61 Å². The van der Waals surface area contributed by atoms with Gasteiger partial charge in [-0.1, -0.05) is 18.2 Å². The Bertz CT molecular complexity index is 689. The number of methoxy groups -OCH3 is 1. The third-order valence-corrected chi connectivity index (χ3v) is 3.42. The maximum Gasteiger partial charge on any atom is 0.491 e. The molecule has 0 unspecified atom stereocenters. The van der Waals surface area contributed by atoms with Crippen LogP contribution in [-0.2, 0) is 11.3 Å². The minimum absolute atomic E-state index is 0.263. The Balaban J connectivity index is 1.84. The van der Waals surface area contributed by atoms with E-state index in [-0.39, 0.29) is 5.91 Å². The molecule has 21 heavy (non-hydrogen) atoms. The number of benzene rings is 2. The maximum absolute atomic E-state index is 12.3. The van der Waals surface area contributed by atoms with Gasteiger partial charge in [-0.25, -0.2) is 0 Å². The largest absolute Gasteiger partial charge is 0.496 e. The first-order valence-corrected chi connectivity index (χ1v) is 6.56. The second-order valence-electron chi connectivity index (χ2n) is 4.73. The predicted molar refractivity (Wildman–Crippen MR) is 79.8 cm³/mol. The number of rotatable bonds is 3. The van der Waals surface area contributed by atoms with Crippen molar-refractivity contribution in [2.24, 2.45) is 0 Å². The van der Waals surface area contributed by atoms with Crippen LogP contribution in [0, 0.1) is 0 Å². The zero-order chi connectivity index (χ0) is 14.8. The number of carbonyl (C=O) groups is 1. The summed E-state index contributed by atoms with van der Waals surface area (Å²) < 4.78 is 10.3. The van der Waals surface area contributed by atoms with E-state index in [2.05, 4.69) is 5.32 Å². The lowest BCUT2D eigenvalue weighted by atomic mass is 9.79. The molecule has 0 spiro atoms. The number of hydrogen-bond donors (Lipinski definition) is 2. The van der Waals surface area contributed by atoms with Gasteiger partial charge >= 0.3 is 7.12 Å². The number of amides is 1. The van der Waals surface area contributed by atoms with Crippen LogP contribution < -0.4 is 15.5 Å². The molecular weight excluding hydrogens is 269 g/mol. The molecule has 1 aliphatic heterocycles. The SMILES string of the molecule is COc1ccccc1C(=O)Nc1ccc2c(c1)B(O)OC2. The Labute approximate surface area is 122 Å². The summed E-state index contributed by atoms with van der Waals surface area (Å²) in [6.07, 6.45) is 0. The first kappa shape index (κ1) is 13.7. The lowest BCUT2D eigenvalue weighted by molar-refractivity contribution is 0.102. The van der Waals surface area contributed by atoms with E-state index in [1.54, 1.807) is 36.4 Å². The number of fused-ring (bicyclic) bond motifs is 1. The molecule has 0 saturated heterocycles. The van der Waals surface area contributed by atoms with Crippen molar-refractivity contribution < 1.29 is 19.2 Å². The van der Waals surface area contributed by atoms with Crippen molar-refractivity contribution in [1.82, 2.24) is 0 Å². The highest BCUT2D eigenvalue weighted by atomic mass is 16.5. The number of ether oxygens (including phenoxy) is 1. The lowest BCUT2D eigenvalue weighted by Gasteiger charge is -2.10. The van der Waals surface area contributed by atoms with Crippen molar-refractivity contribution in [3.8, 4) is 5.75 Å². The molecule has 0 aliphatic carbocycles. The average Bonchev–Trinajstić information content (AvgIpc) is 2.88. The van der Waals surface area contributed by atoms with Crippen LogP contribution in [0.15, 0.2) is 42.5 Å². The normalized spacial score (nSPS) is 13.0. The Morgan fingerprint density at radius 1 is 1.33 bits per heavy atom.